The molecule has 0 aliphatic heterocycles. The van der Waals surface area contributed by atoms with Crippen molar-refractivity contribution in [3.05, 3.63) is 44.6 Å². The van der Waals surface area contributed by atoms with Crippen LogP contribution in [0.3, 0.4) is 0 Å². The Labute approximate surface area is 129 Å². The molecule has 0 bridgehead atoms. The number of benzene rings is 1. The molecule has 6 heteroatoms. The van der Waals surface area contributed by atoms with Gasteiger partial charge < -0.3 is 15.2 Å². The number of hydrogen-bond acceptors (Lipinski definition) is 5. The summed E-state index contributed by atoms with van der Waals surface area (Å²) in [4.78, 5) is 1.03. The van der Waals surface area contributed by atoms with E-state index in [2.05, 4.69) is 22.0 Å². The summed E-state index contributed by atoms with van der Waals surface area (Å²) in [7, 11) is 1.54. The van der Waals surface area contributed by atoms with E-state index in [-0.39, 0.29) is 6.10 Å². The van der Waals surface area contributed by atoms with E-state index in [1.807, 2.05) is 12.1 Å². The fraction of sp³-hybridized carbons (Fsp3) is 0.214. The summed E-state index contributed by atoms with van der Waals surface area (Å²) >= 11 is 5.00. The number of nitrogens with zero attached hydrogens (tertiary/aromatic N) is 1. The first-order valence-electron chi connectivity index (χ1n) is 5.88. The number of methoxy groups -OCH3 is 1. The van der Waals surface area contributed by atoms with Crippen LogP contribution in [0.2, 0.25) is 0 Å². The zero-order valence-electron chi connectivity index (χ0n) is 10.8. The third-order valence-corrected chi connectivity index (χ3v) is 4.40. The topological polar surface area (TPSA) is 68.3 Å². The minimum atomic E-state index is -0.242. The van der Waals surface area contributed by atoms with Crippen molar-refractivity contribution >= 4 is 27.3 Å². The average Bonchev–Trinajstić information content (AvgIpc) is 2.91. The molecule has 0 spiro atoms. The molecule has 2 rings (SSSR count). The standard InChI is InChI=1S/C14H13BrN2O2S/c1-18-11-6-9(7-16)2-3-10(11)19-12(8-17)13-4-5-14(15)20-13/h2-6,12H,8,17H2,1H3. The van der Waals surface area contributed by atoms with Crippen LogP contribution in [0.4, 0.5) is 0 Å². The Morgan fingerprint density at radius 2 is 2.15 bits per heavy atom. The monoisotopic (exact) mass is 352 g/mol. The Bertz CT molecular complexity index is 636. The molecule has 1 unspecified atom stereocenters. The van der Waals surface area contributed by atoms with E-state index in [0.717, 1.165) is 8.66 Å². The lowest BCUT2D eigenvalue weighted by molar-refractivity contribution is 0.208. The van der Waals surface area contributed by atoms with Gasteiger partial charge in [-0.2, -0.15) is 5.26 Å². The number of rotatable bonds is 5. The van der Waals surface area contributed by atoms with Gasteiger partial charge in [0.2, 0.25) is 0 Å². The molecule has 1 aromatic carbocycles. The molecule has 0 saturated carbocycles. The van der Waals surface area contributed by atoms with Gasteiger partial charge in [0.05, 0.1) is 22.5 Å². The number of nitriles is 1. The molecular formula is C14H13BrN2O2S. The molecule has 0 aliphatic rings. The highest BCUT2D eigenvalue weighted by Gasteiger charge is 2.16. The Morgan fingerprint density at radius 1 is 1.35 bits per heavy atom. The molecule has 20 heavy (non-hydrogen) atoms. The van der Waals surface area contributed by atoms with Crippen LogP contribution >= 0.6 is 27.3 Å². The quantitative estimate of drug-likeness (QED) is 0.894. The summed E-state index contributed by atoms with van der Waals surface area (Å²) in [6.45, 7) is 0.357. The van der Waals surface area contributed by atoms with Crippen molar-refractivity contribution in [3.8, 4) is 17.6 Å². The molecule has 0 fully saturated rings. The summed E-state index contributed by atoms with van der Waals surface area (Å²) in [6.07, 6.45) is -0.242. The Hall–Kier alpha value is -1.55. The van der Waals surface area contributed by atoms with Crippen molar-refractivity contribution in [3.63, 3.8) is 0 Å². The van der Waals surface area contributed by atoms with Crippen molar-refractivity contribution < 1.29 is 9.47 Å². The first-order valence-corrected chi connectivity index (χ1v) is 7.49. The minimum absolute atomic E-state index is 0.242. The van der Waals surface area contributed by atoms with E-state index in [1.165, 1.54) is 0 Å². The van der Waals surface area contributed by atoms with Gasteiger partial charge in [-0.25, -0.2) is 0 Å². The second kappa shape index (κ2) is 6.75. The SMILES string of the molecule is COc1cc(C#N)ccc1OC(CN)c1ccc(Br)s1. The van der Waals surface area contributed by atoms with E-state index in [1.54, 1.807) is 36.6 Å². The minimum Gasteiger partial charge on any atom is -0.493 e. The maximum absolute atomic E-state index is 8.89. The van der Waals surface area contributed by atoms with Crippen LogP contribution in [0.15, 0.2) is 34.1 Å². The fourth-order valence-corrected chi connectivity index (χ4v) is 3.18. The first-order chi connectivity index (χ1) is 9.67. The summed E-state index contributed by atoms with van der Waals surface area (Å²) in [5, 5.41) is 8.89. The first kappa shape index (κ1) is 14.9. The second-order valence-corrected chi connectivity index (χ2v) is 6.46. The van der Waals surface area contributed by atoms with Crippen LogP contribution in [0.1, 0.15) is 16.5 Å². The van der Waals surface area contributed by atoms with E-state index in [0.29, 0.717) is 23.6 Å². The van der Waals surface area contributed by atoms with Gasteiger partial charge in [0, 0.05) is 17.5 Å². The van der Waals surface area contributed by atoms with Crippen LogP contribution < -0.4 is 15.2 Å². The maximum atomic E-state index is 8.89. The van der Waals surface area contributed by atoms with Gasteiger partial charge in [-0.05, 0) is 40.2 Å². The molecule has 1 aromatic heterocycles. The van der Waals surface area contributed by atoms with E-state index in [4.69, 9.17) is 20.5 Å². The smallest absolute Gasteiger partial charge is 0.162 e. The average molecular weight is 353 g/mol. The van der Waals surface area contributed by atoms with Gasteiger partial charge in [-0.3, -0.25) is 0 Å². The highest BCUT2D eigenvalue weighted by molar-refractivity contribution is 9.11. The predicted molar refractivity (Wildman–Crippen MR) is 82.2 cm³/mol. The Morgan fingerprint density at radius 3 is 2.70 bits per heavy atom. The van der Waals surface area contributed by atoms with Gasteiger partial charge >= 0.3 is 0 Å². The molecule has 104 valence electrons. The van der Waals surface area contributed by atoms with Gasteiger partial charge in [0.1, 0.15) is 6.10 Å². The number of thiophene rings is 1. The van der Waals surface area contributed by atoms with Gasteiger partial charge in [-0.15, -0.1) is 11.3 Å². The van der Waals surface area contributed by atoms with Crippen LogP contribution in [0.25, 0.3) is 0 Å². The second-order valence-electron chi connectivity index (χ2n) is 3.96. The maximum Gasteiger partial charge on any atom is 0.162 e. The van der Waals surface area contributed by atoms with Crippen molar-refractivity contribution in [2.24, 2.45) is 5.73 Å². The van der Waals surface area contributed by atoms with E-state index >= 15 is 0 Å². The lowest BCUT2D eigenvalue weighted by Gasteiger charge is -2.18. The highest BCUT2D eigenvalue weighted by Crippen LogP contribution is 2.34. The third kappa shape index (κ3) is 3.31. The lowest BCUT2D eigenvalue weighted by atomic mass is 10.2. The molecule has 0 amide bonds. The van der Waals surface area contributed by atoms with Crippen molar-refractivity contribution in [1.82, 2.24) is 0 Å². The van der Waals surface area contributed by atoms with Crippen molar-refractivity contribution in [2.75, 3.05) is 13.7 Å². The number of ether oxygens (including phenoxy) is 2. The van der Waals surface area contributed by atoms with E-state index < -0.39 is 0 Å². The van der Waals surface area contributed by atoms with E-state index in [9.17, 15) is 0 Å². The fourth-order valence-electron chi connectivity index (χ4n) is 1.71. The number of nitrogens with two attached hydrogens (primary N) is 1. The third-order valence-electron chi connectivity index (χ3n) is 2.69. The van der Waals surface area contributed by atoms with Gasteiger partial charge in [0.15, 0.2) is 11.5 Å². The lowest BCUT2D eigenvalue weighted by Crippen LogP contribution is -2.17. The molecule has 1 heterocycles. The van der Waals surface area contributed by atoms with Crippen LogP contribution in [-0.2, 0) is 0 Å². The molecule has 0 saturated heterocycles. The summed E-state index contributed by atoms with van der Waals surface area (Å²) in [6, 6.07) is 11.1. The Balaban J connectivity index is 2.26. The molecular weight excluding hydrogens is 340 g/mol. The molecule has 0 aliphatic carbocycles. The number of halogens is 1. The number of hydrogen-bond donors (Lipinski definition) is 1. The van der Waals surface area contributed by atoms with Crippen molar-refractivity contribution in [2.45, 2.75) is 6.10 Å². The summed E-state index contributed by atoms with van der Waals surface area (Å²) in [5.74, 6) is 1.10. The largest absolute Gasteiger partial charge is 0.493 e. The molecule has 2 N–H and O–H groups in total. The summed E-state index contributed by atoms with van der Waals surface area (Å²) < 4.78 is 12.2. The zero-order valence-corrected chi connectivity index (χ0v) is 13.2. The molecule has 0 radical (unpaired) electrons. The van der Waals surface area contributed by atoms with Crippen LogP contribution in [-0.4, -0.2) is 13.7 Å². The Kier molecular flexibility index (Phi) is 5.01. The van der Waals surface area contributed by atoms with Crippen molar-refractivity contribution in [1.29, 1.82) is 5.26 Å². The zero-order chi connectivity index (χ0) is 14.5. The molecule has 4 nitrogen and oxygen atoms in total. The van der Waals surface area contributed by atoms with Gasteiger partial charge in [0.25, 0.3) is 0 Å². The predicted octanol–water partition coefficient (Wildman–Crippen LogP) is 3.47. The van der Waals surface area contributed by atoms with Crippen LogP contribution in [0, 0.1) is 11.3 Å². The van der Waals surface area contributed by atoms with Crippen LogP contribution in [0.5, 0.6) is 11.5 Å². The summed E-state index contributed by atoms with van der Waals surface area (Å²) in [5.41, 5.74) is 6.31. The molecule has 2 aromatic rings. The molecule has 1 atom stereocenters. The highest BCUT2D eigenvalue weighted by atomic mass is 79.9. The normalized spacial score (nSPS) is 11.7. The van der Waals surface area contributed by atoms with Gasteiger partial charge in [-0.1, -0.05) is 0 Å².